The zero-order valence-electron chi connectivity index (χ0n) is 10.6. The van der Waals surface area contributed by atoms with Gasteiger partial charge in [-0.3, -0.25) is 4.79 Å². The molecule has 2 heterocycles. The summed E-state index contributed by atoms with van der Waals surface area (Å²) in [5.74, 6) is 0.480. The number of ether oxygens (including phenoxy) is 1. The molecule has 0 saturated heterocycles. The van der Waals surface area contributed by atoms with Gasteiger partial charge >= 0.3 is 0 Å². The third kappa shape index (κ3) is 4.03. The number of carbonyl (C=O) groups is 1. The van der Waals surface area contributed by atoms with Crippen LogP contribution in [0.2, 0.25) is 0 Å². The summed E-state index contributed by atoms with van der Waals surface area (Å²) in [4.78, 5) is 12.1. The summed E-state index contributed by atoms with van der Waals surface area (Å²) in [5, 5.41) is 12.8. The zero-order valence-corrected chi connectivity index (χ0v) is 11.4. The molecule has 0 aromatic carbocycles. The summed E-state index contributed by atoms with van der Waals surface area (Å²) in [5.41, 5.74) is 0.835. The lowest BCUT2D eigenvalue weighted by Crippen LogP contribution is -2.27. The number of hydrogen-bond donors (Lipinski definition) is 1. The number of nitrogens with one attached hydrogen (secondary N) is 1. The Morgan fingerprint density at radius 3 is 2.89 bits per heavy atom. The van der Waals surface area contributed by atoms with E-state index in [1.54, 1.807) is 17.4 Å². The van der Waals surface area contributed by atoms with Crippen LogP contribution in [0.1, 0.15) is 13.3 Å². The van der Waals surface area contributed by atoms with Crippen molar-refractivity contribution in [2.45, 2.75) is 13.3 Å². The Morgan fingerprint density at radius 2 is 2.26 bits per heavy atom. The zero-order chi connectivity index (χ0) is 13.5. The fraction of sp³-hybridized carbons (Fsp3) is 0.308. The molecule has 0 bridgehead atoms. The predicted octanol–water partition coefficient (Wildman–Crippen LogP) is 2.11. The number of carbonyl (C=O) groups excluding carboxylic acids is 1. The number of nitrogens with zero attached hydrogens (tertiary/aromatic N) is 2. The highest BCUT2D eigenvalue weighted by molar-refractivity contribution is 7.13. The van der Waals surface area contributed by atoms with Crippen molar-refractivity contribution in [1.82, 2.24) is 15.5 Å². The van der Waals surface area contributed by atoms with Crippen LogP contribution in [0.25, 0.3) is 10.6 Å². The molecule has 6 heteroatoms. The van der Waals surface area contributed by atoms with E-state index < -0.39 is 0 Å². The van der Waals surface area contributed by atoms with Gasteiger partial charge in [-0.1, -0.05) is 13.0 Å². The minimum absolute atomic E-state index is 0.0164. The lowest BCUT2D eigenvalue weighted by Gasteiger charge is -2.05. The van der Waals surface area contributed by atoms with Crippen LogP contribution >= 0.6 is 11.3 Å². The van der Waals surface area contributed by atoms with E-state index in [0.717, 1.165) is 10.6 Å². The third-order valence-corrected chi connectivity index (χ3v) is 3.30. The minimum atomic E-state index is 0.0164. The number of amides is 1. The summed E-state index contributed by atoms with van der Waals surface area (Å²) in [6.45, 7) is 2.67. The Kier molecular flexibility index (Phi) is 4.85. The molecule has 19 heavy (non-hydrogen) atoms. The lowest BCUT2D eigenvalue weighted by molar-refractivity contribution is -0.120. The minimum Gasteiger partial charge on any atom is -0.475 e. The highest BCUT2D eigenvalue weighted by Crippen LogP contribution is 2.22. The molecule has 0 spiro atoms. The highest BCUT2D eigenvalue weighted by Gasteiger charge is 2.02. The van der Waals surface area contributed by atoms with Gasteiger partial charge in [0.2, 0.25) is 11.8 Å². The van der Waals surface area contributed by atoms with Gasteiger partial charge in [0.05, 0.1) is 11.4 Å². The van der Waals surface area contributed by atoms with E-state index in [9.17, 15) is 4.79 Å². The Morgan fingerprint density at radius 1 is 1.37 bits per heavy atom. The van der Waals surface area contributed by atoms with Crippen LogP contribution in [0.15, 0.2) is 29.6 Å². The monoisotopic (exact) mass is 277 g/mol. The Hall–Kier alpha value is -1.95. The molecule has 1 amide bonds. The summed E-state index contributed by atoms with van der Waals surface area (Å²) >= 11 is 1.62. The molecule has 2 rings (SSSR count). The fourth-order valence-electron chi connectivity index (χ4n) is 1.42. The molecule has 100 valence electrons. The number of aromatic nitrogens is 2. The van der Waals surface area contributed by atoms with Crippen LogP contribution in [0.4, 0.5) is 0 Å². The molecule has 2 aromatic heterocycles. The standard InChI is InChI=1S/C13H15N3O2S/c1-2-12(17)14-7-8-18-13-6-5-10(15-16-13)11-4-3-9-19-11/h3-6,9H,2,7-8H2,1H3,(H,14,17). The molecule has 0 fully saturated rings. The fourth-order valence-corrected chi connectivity index (χ4v) is 2.11. The van der Waals surface area contributed by atoms with Crippen molar-refractivity contribution in [2.24, 2.45) is 0 Å². The van der Waals surface area contributed by atoms with Crippen LogP contribution in [0.3, 0.4) is 0 Å². The second kappa shape index (κ2) is 6.84. The van der Waals surface area contributed by atoms with Crippen molar-refractivity contribution >= 4 is 17.2 Å². The molecule has 0 aliphatic carbocycles. The van der Waals surface area contributed by atoms with Gasteiger partial charge in [-0.2, -0.15) is 0 Å². The SMILES string of the molecule is CCC(=O)NCCOc1ccc(-c2cccs2)nn1. The topological polar surface area (TPSA) is 64.1 Å². The van der Waals surface area contributed by atoms with Gasteiger partial charge in [0.25, 0.3) is 0 Å². The lowest BCUT2D eigenvalue weighted by atomic mass is 10.3. The first-order valence-electron chi connectivity index (χ1n) is 6.06. The molecular formula is C13H15N3O2S. The molecule has 2 aromatic rings. The van der Waals surface area contributed by atoms with Gasteiger partial charge < -0.3 is 10.1 Å². The molecule has 0 unspecified atom stereocenters. The second-order valence-corrected chi connectivity index (χ2v) is 4.73. The van der Waals surface area contributed by atoms with Crippen molar-refractivity contribution in [3.63, 3.8) is 0 Å². The summed E-state index contributed by atoms with van der Waals surface area (Å²) in [6, 6.07) is 7.63. The first-order valence-corrected chi connectivity index (χ1v) is 6.94. The van der Waals surface area contributed by atoms with E-state index in [1.807, 2.05) is 30.5 Å². The van der Waals surface area contributed by atoms with E-state index in [1.165, 1.54) is 0 Å². The first-order chi connectivity index (χ1) is 9.29. The van der Waals surface area contributed by atoms with Crippen molar-refractivity contribution in [1.29, 1.82) is 0 Å². The smallest absolute Gasteiger partial charge is 0.233 e. The van der Waals surface area contributed by atoms with Gasteiger partial charge in [-0.15, -0.1) is 21.5 Å². The van der Waals surface area contributed by atoms with E-state index >= 15 is 0 Å². The molecule has 0 aliphatic rings. The van der Waals surface area contributed by atoms with Gasteiger partial charge in [-0.25, -0.2) is 0 Å². The van der Waals surface area contributed by atoms with Crippen LogP contribution in [0, 0.1) is 0 Å². The van der Waals surface area contributed by atoms with Gasteiger partial charge in [0.15, 0.2) is 0 Å². The van der Waals surface area contributed by atoms with E-state index in [4.69, 9.17) is 4.74 Å². The molecule has 5 nitrogen and oxygen atoms in total. The molecule has 0 aliphatic heterocycles. The third-order valence-electron chi connectivity index (χ3n) is 2.41. The molecule has 1 N–H and O–H groups in total. The van der Waals surface area contributed by atoms with Crippen molar-refractivity contribution in [3.8, 4) is 16.5 Å². The Bertz CT molecular complexity index is 511. The van der Waals surface area contributed by atoms with Crippen LogP contribution in [0.5, 0.6) is 5.88 Å². The normalized spacial score (nSPS) is 10.2. The number of thiophene rings is 1. The summed E-state index contributed by atoms with van der Waals surface area (Å²) in [7, 11) is 0. The summed E-state index contributed by atoms with van der Waals surface area (Å²) in [6.07, 6.45) is 0.481. The molecule has 0 saturated carbocycles. The van der Waals surface area contributed by atoms with Crippen molar-refractivity contribution in [2.75, 3.05) is 13.2 Å². The van der Waals surface area contributed by atoms with Crippen molar-refractivity contribution < 1.29 is 9.53 Å². The molecule has 0 atom stereocenters. The van der Waals surface area contributed by atoms with E-state index in [0.29, 0.717) is 25.5 Å². The maximum absolute atomic E-state index is 11.0. The predicted molar refractivity (Wildman–Crippen MR) is 74.1 cm³/mol. The maximum atomic E-state index is 11.0. The van der Waals surface area contributed by atoms with Crippen LogP contribution in [-0.2, 0) is 4.79 Å². The van der Waals surface area contributed by atoms with Crippen molar-refractivity contribution in [3.05, 3.63) is 29.6 Å². The quantitative estimate of drug-likeness (QED) is 0.821. The number of hydrogen-bond acceptors (Lipinski definition) is 5. The van der Waals surface area contributed by atoms with E-state index in [-0.39, 0.29) is 5.91 Å². The second-order valence-electron chi connectivity index (χ2n) is 3.79. The molecular weight excluding hydrogens is 262 g/mol. The van der Waals surface area contributed by atoms with Crippen LogP contribution < -0.4 is 10.1 Å². The van der Waals surface area contributed by atoms with E-state index in [2.05, 4.69) is 15.5 Å². The Labute approximate surface area is 115 Å². The average molecular weight is 277 g/mol. The number of rotatable bonds is 6. The molecule has 0 radical (unpaired) electrons. The highest BCUT2D eigenvalue weighted by atomic mass is 32.1. The maximum Gasteiger partial charge on any atom is 0.233 e. The first kappa shape index (κ1) is 13.5. The Balaban J connectivity index is 1.81. The van der Waals surface area contributed by atoms with Gasteiger partial charge in [0, 0.05) is 12.5 Å². The van der Waals surface area contributed by atoms with Crippen LogP contribution in [-0.4, -0.2) is 29.3 Å². The van der Waals surface area contributed by atoms with Gasteiger partial charge in [0.1, 0.15) is 12.3 Å². The largest absolute Gasteiger partial charge is 0.475 e. The van der Waals surface area contributed by atoms with Gasteiger partial charge in [-0.05, 0) is 17.5 Å². The average Bonchev–Trinajstić information content (AvgIpc) is 2.98. The summed E-state index contributed by atoms with van der Waals surface area (Å²) < 4.78 is 5.39.